The Morgan fingerprint density at radius 3 is 2.92 bits per heavy atom. The number of rotatable bonds is 4. The molecule has 1 N–H and O–H groups in total. The van der Waals surface area contributed by atoms with Crippen molar-refractivity contribution < 1.29 is 14.6 Å². The van der Waals surface area contributed by atoms with Crippen LogP contribution in [0.5, 0.6) is 0 Å². The van der Waals surface area contributed by atoms with Gasteiger partial charge in [0.2, 0.25) is 0 Å². The average molecular weight is 204 g/mol. The monoisotopic (exact) mass is 204 g/mol. The summed E-state index contributed by atoms with van der Waals surface area (Å²) >= 11 is 1.59. The number of carbonyl (C=O) groups excluding carboxylic acids is 1. The highest BCUT2D eigenvalue weighted by Gasteiger charge is 2.32. The van der Waals surface area contributed by atoms with Crippen LogP contribution in [0.2, 0.25) is 0 Å². The normalized spacial score (nSPS) is 30.2. The minimum Gasteiger partial charge on any atom is -0.462 e. The largest absolute Gasteiger partial charge is 0.462 e. The maximum Gasteiger partial charge on any atom is 0.319 e. The number of ether oxygens (including phenoxy) is 1. The van der Waals surface area contributed by atoms with E-state index in [1.165, 1.54) is 0 Å². The van der Waals surface area contributed by atoms with Gasteiger partial charge < -0.3 is 9.84 Å². The molecule has 13 heavy (non-hydrogen) atoms. The van der Waals surface area contributed by atoms with Gasteiger partial charge in [-0.15, -0.1) is 11.8 Å². The number of cyclic esters (lactones) is 1. The van der Waals surface area contributed by atoms with Crippen molar-refractivity contribution >= 4 is 17.7 Å². The molecule has 1 heterocycles. The molecule has 0 amide bonds. The maximum atomic E-state index is 11.2. The topological polar surface area (TPSA) is 46.5 Å². The summed E-state index contributed by atoms with van der Waals surface area (Å²) in [6, 6.07) is 0. The molecule has 0 unspecified atom stereocenters. The Kier molecular flexibility index (Phi) is 4.06. The molecule has 0 spiro atoms. The SMILES string of the molecule is C[C@@H](CO)CS[C@@H]1C[C@@H](C)OC1=O. The van der Waals surface area contributed by atoms with E-state index in [9.17, 15) is 4.79 Å². The van der Waals surface area contributed by atoms with E-state index in [0.717, 1.165) is 12.2 Å². The van der Waals surface area contributed by atoms with Crippen LogP contribution in [0.4, 0.5) is 0 Å². The van der Waals surface area contributed by atoms with Gasteiger partial charge in [-0.3, -0.25) is 4.79 Å². The third-order valence-electron chi connectivity index (χ3n) is 2.02. The summed E-state index contributed by atoms with van der Waals surface area (Å²) in [4.78, 5) is 11.2. The Labute approximate surface area is 82.8 Å². The van der Waals surface area contributed by atoms with Crippen molar-refractivity contribution in [2.24, 2.45) is 5.92 Å². The lowest BCUT2D eigenvalue weighted by molar-refractivity contribution is -0.140. The fourth-order valence-electron chi connectivity index (χ4n) is 1.19. The van der Waals surface area contributed by atoms with E-state index >= 15 is 0 Å². The van der Waals surface area contributed by atoms with Crippen LogP contribution in [0, 0.1) is 5.92 Å². The Morgan fingerprint density at radius 2 is 2.46 bits per heavy atom. The molecule has 0 aromatic rings. The molecule has 1 aliphatic heterocycles. The van der Waals surface area contributed by atoms with Gasteiger partial charge in [0.1, 0.15) is 11.4 Å². The summed E-state index contributed by atoms with van der Waals surface area (Å²) in [5.74, 6) is 0.986. The maximum absolute atomic E-state index is 11.2. The smallest absolute Gasteiger partial charge is 0.319 e. The van der Waals surface area contributed by atoms with E-state index in [-0.39, 0.29) is 29.8 Å². The predicted molar refractivity (Wildman–Crippen MR) is 52.7 cm³/mol. The zero-order valence-corrected chi connectivity index (χ0v) is 8.84. The van der Waals surface area contributed by atoms with Crippen LogP contribution in [-0.2, 0) is 9.53 Å². The quantitative estimate of drug-likeness (QED) is 0.695. The predicted octanol–water partition coefficient (Wildman–Crippen LogP) is 1.05. The summed E-state index contributed by atoms with van der Waals surface area (Å²) in [5, 5.41) is 8.79. The number of aliphatic hydroxyl groups excluding tert-OH is 1. The zero-order chi connectivity index (χ0) is 9.84. The van der Waals surface area contributed by atoms with Crippen LogP contribution in [0.1, 0.15) is 20.3 Å². The Morgan fingerprint density at radius 1 is 1.77 bits per heavy atom. The van der Waals surface area contributed by atoms with Gasteiger partial charge in [-0.2, -0.15) is 0 Å². The van der Waals surface area contributed by atoms with Gasteiger partial charge in [0.25, 0.3) is 0 Å². The van der Waals surface area contributed by atoms with Crippen molar-refractivity contribution in [3.8, 4) is 0 Å². The second kappa shape index (κ2) is 4.86. The molecule has 1 saturated heterocycles. The van der Waals surface area contributed by atoms with Crippen molar-refractivity contribution in [1.82, 2.24) is 0 Å². The van der Waals surface area contributed by atoms with Crippen molar-refractivity contribution in [1.29, 1.82) is 0 Å². The standard InChI is InChI=1S/C9H16O3S/c1-6(4-10)5-13-8-3-7(2)12-9(8)11/h6-8,10H,3-5H2,1-2H3/t6-,7+,8+/m0/s1. The van der Waals surface area contributed by atoms with Crippen LogP contribution in [0.25, 0.3) is 0 Å². The summed E-state index contributed by atoms with van der Waals surface area (Å²) in [7, 11) is 0. The minimum absolute atomic E-state index is 0.0102. The lowest BCUT2D eigenvalue weighted by atomic mass is 10.2. The van der Waals surface area contributed by atoms with Crippen molar-refractivity contribution in [3.05, 3.63) is 0 Å². The summed E-state index contributed by atoms with van der Waals surface area (Å²) in [5.41, 5.74) is 0. The number of aliphatic hydroxyl groups is 1. The summed E-state index contributed by atoms with van der Waals surface area (Å²) in [6.45, 7) is 4.06. The molecule has 76 valence electrons. The third-order valence-corrected chi connectivity index (χ3v) is 3.57. The van der Waals surface area contributed by atoms with E-state index in [2.05, 4.69) is 0 Å². The van der Waals surface area contributed by atoms with Crippen LogP contribution < -0.4 is 0 Å². The molecule has 3 atom stereocenters. The van der Waals surface area contributed by atoms with E-state index in [1.807, 2.05) is 13.8 Å². The molecule has 0 aromatic carbocycles. The van der Waals surface area contributed by atoms with Crippen molar-refractivity contribution in [2.75, 3.05) is 12.4 Å². The summed E-state index contributed by atoms with van der Waals surface area (Å²) < 4.78 is 5.02. The lowest BCUT2D eigenvalue weighted by Crippen LogP contribution is -2.13. The fourth-order valence-corrected chi connectivity index (χ4v) is 2.45. The Hall–Kier alpha value is -0.220. The zero-order valence-electron chi connectivity index (χ0n) is 8.03. The molecule has 1 aliphatic rings. The first-order valence-corrected chi connectivity index (χ1v) is 5.61. The van der Waals surface area contributed by atoms with Gasteiger partial charge >= 0.3 is 5.97 Å². The first-order valence-electron chi connectivity index (χ1n) is 4.56. The van der Waals surface area contributed by atoms with E-state index in [1.54, 1.807) is 11.8 Å². The van der Waals surface area contributed by atoms with Crippen LogP contribution in [0.3, 0.4) is 0 Å². The van der Waals surface area contributed by atoms with E-state index in [4.69, 9.17) is 9.84 Å². The first kappa shape index (κ1) is 10.9. The molecule has 3 nitrogen and oxygen atoms in total. The molecule has 0 aromatic heterocycles. The van der Waals surface area contributed by atoms with Crippen LogP contribution in [0.15, 0.2) is 0 Å². The van der Waals surface area contributed by atoms with Gasteiger partial charge in [0, 0.05) is 13.0 Å². The van der Waals surface area contributed by atoms with Gasteiger partial charge in [-0.25, -0.2) is 0 Å². The highest BCUT2D eigenvalue weighted by atomic mass is 32.2. The second-order valence-corrected chi connectivity index (χ2v) is 4.83. The molecular formula is C9H16O3S. The van der Waals surface area contributed by atoms with Crippen LogP contribution >= 0.6 is 11.8 Å². The fraction of sp³-hybridized carbons (Fsp3) is 0.889. The molecule has 1 rings (SSSR count). The van der Waals surface area contributed by atoms with E-state index < -0.39 is 0 Å². The highest BCUT2D eigenvalue weighted by molar-refractivity contribution is 8.00. The average Bonchev–Trinajstić information content (AvgIpc) is 2.41. The number of hydrogen-bond donors (Lipinski definition) is 1. The molecular weight excluding hydrogens is 188 g/mol. The molecule has 0 saturated carbocycles. The number of esters is 1. The molecule has 1 fully saturated rings. The van der Waals surface area contributed by atoms with Crippen molar-refractivity contribution in [2.45, 2.75) is 31.6 Å². The molecule has 4 heteroatoms. The number of hydrogen-bond acceptors (Lipinski definition) is 4. The van der Waals surface area contributed by atoms with Gasteiger partial charge in [-0.1, -0.05) is 6.92 Å². The molecule has 0 aliphatic carbocycles. The first-order chi connectivity index (χ1) is 6.13. The van der Waals surface area contributed by atoms with E-state index in [0.29, 0.717) is 0 Å². The summed E-state index contributed by atoms with van der Waals surface area (Å²) in [6.07, 6.45) is 0.871. The minimum atomic E-state index is -0.0948. The molecule has 0 radical (unpaired) electrons. The Bertz CT molecular complexity index is 184. The highest BCUT2D eigenvalue weighted by Crippen LogP contribution is 2.27. The van der Waals surface area contributed by atoms with Crippen molar-refractivity contribution in [3.63, 3.8) is 0 Å². The third kappa shape index (κ3) is 3.19. The number of carbonyl (C=O) groups is 1. The van der Waals surface area contributed by atoms with Gasteiger partial charge in [-0.05, 0) is 18.6 Å². The van der Waals surface area contributed by atoms with Gasteiger partial charge in [0.15, 0.2) is 0 Å². The number of thioether (sulfide) groups is 1. The Balaban J connectivity index is 2.25. The lowest BCUT2D eigenvalue weighted by Gasteiger charge is -2.09. The second-order valence-electron chi connectivity index (χ2n) is 3.59. The molecule has 0 bridgehead atoms. The van der Waals surface area contributed by atoms with Crippen LogP contribution in [-0.4, -0.2) is 34.8 Å². The van der Waals surface area contributed by atoms with Gasteiger partial charge in [0.05, 0.1) is 0 Å².